The van der Waals surface area contributed by atoms with Gasteiger partial charge >= 0.3 is 0 Å². The maximum absolute atomic E-state index is 13.2. The van der Waals surface area contributed by atoms with Gasteiger partial charge in [-0.2, -0.15) is 0 Å². The molecule has 1 aromatic heterocycles. The standard InChI is InChI=1S/C27H31N3O4/c1-3-30-24-12-11-22(18-23(24)25(19-26(30)32)29-13-16-34-17-14-29)28(2)27(33)21-9-7-20(8-10-21)6-4-5-15-31/h4,6-12,18-19,31H,3,5,13-17H2,1-2H3/b6-4+. The molecule has 0 spiro atoms. The van der Waals surface area contributed by atoms with Gasteiger partial charge in [-0.3, -0.25) is 9.59 Å². The third-order valence-electron chi connectivity index (χ3n) is 6.20. The van der Waals surface area contributed by atoms with E-state index >= 15 is 0 Å². The number of aromatic nitrogens is 1. The van der Waals surface area contributed by atoms with Crippen molar-refractivity contribution >= 4 is 34.3 Å². The second kappa shape index (κ2) is 10.7. The van der Waals surface area contributed by atoms with E-state index in [0.29, 0.717) is 31.7 Å². The number of aryl methyl sites for hydroxylation is 1. The molecule has 7 nitrogen and oxygen atoms in total. The van der Waals surface area contributed by atoms with Crippen LogP contribution in [-0.2, 0) is 11.3 Å². The molecule has 7 heteroatoms. The maximum Gasteiger partial charge on any atom is 0.258 e. The zero-order valence-electron chi connectivity index (χ0n) is 19.7. The Hall–Kier alpha value is -3.42. The molecule has 0 radical (unpaired) electrons. The molecule has 0 aliphatic carbocycles. The van der Waals surface area contributed by atoms with Crippen LogP contribution < -0.4 is 15.4 Å². The minimum absolute atomic E-state index is 0.0261. The fraction of sp³-hybridized carbons (Fsp3) is 0.333. The fourth-order valence-corrected chi connectivity index (χ4v) is 4.30. The van der Waals surface area contributed by atoms with Gasteiger partial charge in [-0.1, -0.05) is 24.3 Å². The number of aliphatic hydroxyl groups excluding tert-OH is 1. The Morgan fingerprint density at radius 3 is 2.53 bits per heavy atom. The number of pyridine rings is 1. The van der Waals surface area contributed by atoms with E-state index in [1.54, 1.807) is 22.6 Å². The minimum Gasteiger partial charge on any atom is -0.396 e. The van der Waals surface area contributed by atoms with Gasteiger partial charge in [-0.15, -0.1) is 0 Å². The number of rotatable bonds is 7. The highest BCUT2D eigenvalue weighted by atomic mass is 16.5. The van der Waals surface area contributed by atoms with Crippen molar-refractivity contribution in [3.05, 3.63) is 76.1 Å². The number of hydrogen-bond acceptors (Lipinski definition) is 5. The van der Waals surface area contributed by atoms with Crippen LogP contribution in [0.15, 0.2) is 59.4 Å². The Morgan fingerprint density at radius 1 is 1.12 bits per heavy atom. The van der Waals surface area contributed by atoms with Crippen LogP contribution in [0.3, 0.4) is 0 Å². The molecule has 0 saturated carbocycles. The van der Waals surface area contributed by atoms with Crippen LogP contribution in [-0.4, -0.2) is 55.5 Å². The number of hydrogen-bond donors (Lipinski definition) is 1. The normalized spacial score (nSPS) is 14.1. The molecular weight excluding hydrogens is 430 g/mol. The second-order valence-corrected chi connectivity index (χ2v) is 8.31. The van der Waals surface area contributed by atoms with Gasteiger partial charge in [0.15, 0.2) is 0 Å². The van der Waals surface area contributed by atoms with Gasteiger partial charge < -0.3 is 24.2 Å². The molecule has 1 N–H and O–H groups in total. The van der Waals surface area contributed by atoms with Crippen molar-refractivity contribution in [2.24, 2.45) is 0 Å². The Balaban J connectivity index is 1.67. The molecule has 1 saturated heterocycles. The maximum atomic E-state index is 13.2. The molecular formula is C27H31N3O4. The first-order valence-electron chi connectivity index (χ1n) is 11.7. The second-order valence-electron chi connectivity index (χ2n) is 8.31. The first kappa shape index (κ1) is 23.7. The summed E-state index contributed by atoms with van der Waals surface area (Å²) in [6, 6.07) is 14.9. The average molecular weight is 462 g/mol. The molecule has 1 amide bonds. The topological polar surface area (TPSA) is 75.0 Å². The Labute approximate surface area is 199 Å². The van der Waals surface area contributed by atoms with Gasteiger partial charge in [-0.25, -0.2) is 0 Å². The summed E-state index contributed by atoms with van der Waals surface area (Å²) in [5.74, 6) is -0.109. The van der Waals surface area contributed by atoms with Gasteiger partial charge in [0.05, 0.1) is 24.4 Å². The summed E-state index contributed by atoms with van der Waals surface area (Å²) < 4.78 is 7.25. The summed E-state index contributed by atoms with van der Waals surface area (Å²) in [4.78, 5) is 29.8. The Bertz CT molecular complexity index is 1240. The van der Waals surface area contributed by atoms with Crippen molar-refractivity contribution in [1.82, 2.24) is 4.57 Å². The lowest BCUT2D eigenvalue weighted by atomic mass is 10.1. The third-order valence-corrected chi connectivity index (χ3v) is 6.20. The van der Waals surface area contributed by atoms with E-state index in [1.807, 2.05) is 61.5 Å². The number of morpholine rings is 1. The monoisotopic (exact) mass is 461 g/mol. The summed E-state index contributed by atoms with van der Waals surface area (Å²) in [5.41, 5.74) is 4.05. The minimum atomic E-state index is -0.109. The van der Waals surface area contributed by atoms with Gasteiger partial charge in [-0.05, 0) is 49.2 Å². The van der Waals surface area contributed by atoms with Crippen molar-refractivity contribution in [3.8, 4) is 0 Å². The SMILES string of the molecule is CCn1c(=O)cc(N2CCOCC2)c2cc(N(C)C(=O)c3ccc(/C=C/CCO)cc3)ccc21. The molecule has 4 rings (SSSR count). The molecule has 178 valence electrons. The van der Waals surface area contributed by atoms with E-state index in [2.05, 4.69) is 4.90 Å². The molecule has 0 atom stereocenters. The first-order valence-corrected chi connectivity index (χ1v) is 11.7. The van der Waals surface area contributed by atoms with Crippen molar-refractivity contribution in [2.75, 3.05) is 49.8 Å². The van der Waals surface area contributed by atoms with Crippen molar-refractivity contribution in [2.45, 2.75) is 19.9 Å². The Morgan fingerprint density at radius 2 is 1.85 bits per heavy atom. The number of nitrogens with zero attached hydrogens (tertiary/aromatic N) is 3. The zero-order valence-corrected chi connectivity index (χ0v) is 19.7. The number of amides is 1. The summed E-state index contributed by atoms with van der Waals surface area (Å²) in [7, 11) is 1.77. The molecule has 1 aliphatic heterocycles. The highest BCUT2D eigenvalue weighted by Gasteiger charge is 2.19. The Kier molecular flexibility index (Phi) is 7.45. The van der Waals surface area contributed by atoms with E-state index in [9.17, 15) is 9.59 Å². The van der Waals surface area contributed by atoms with Crippen LogP contribution in [0.4, 0.5) is 11.4 Å². The predicted octanol–water partition coefficient (Wildman–Crippen LogP) is 3.53. The number of anilines is 2. The molecule has 2 heterocycles. The molecule has 3 aromatic rings. The molecule has 34 heavy (non-hydrogen) atoms. The number of fused-ring (bicyclic) bond motifs is 1. The third kappa shape index (κ3) is 4.90. The van der Waals surface area contributed by atoms with Gasteiger partial charge in [0.2, 0.25) is 0 Å². The van der Waals surface area contributed by atoms with Gasteiger partial charge in [0, 0.05) is 56.0 Å². The highest BCUT2D eigenvalue weighted by Crippen LogP contribution is 2.30. The van der Waals surface area contributed by atoms with E-state index in [4.69, 9.17) is 9.84 Å². The van der Waals surface area contributed by atoms with Crippen LogP contribution in [0.1, 0.15) is 29.3 Å². The number of aliphatic hydroxyl groups is 1. The predicted molar refractivity (Wildman–Crippen MR) is 137 cm³/mol. The van der Waals surface area contributed by atoms with E-state index in [-0.39, 0.29) is 18.1 Å². The van der Waals surface area contributed by atoms with Crippen LogP contribution >= 0.6 is 0 Å². The largest absolute Gasteiger partial charge is 0.396 e. The van der Waals surface area contributed by atoms with Crippen LogP contribution in [0, 0.1) is 0 Å². The van der Waals surface area contributed by atoms with Crippen molar-refractivity contribution in [1.29, 1.82) is 0 Å². The fourth-order valence-electron chi connectivity index (χ4n) is 4.30. The van der Waals surface area contributed by atoms with Gasteiger partial charge in [0.1, 0.15) is 0 Å². The first-order chi connectivity index (χ1) is 16.5. The highest BCUT2D eigenvalue weighted by molar-refractivity contribution is 6.07. The number of ether oxygens (including phenoxy) is 1. The quantitative estimate of drug-likeness (QED) is 0.583. The molecule has 1 aliphatic rings. The molecule has 2 aromatic carbocycles. The van der Waals surface area contributed by atoms with Crippen LogP contribution in [0.2, 0.25) is 0 Å². The summed E-state index contributed by atoms with van der Waals surface area (Å²) in [5, 5.41) is 9.85. The summed E-state index contributed by atoms with van der Waals surface area (Å²) >= 11 is 0. The number of carbonyl (C=O) groups excluding carboxylic acids is 1. The summed E-state index contributed by atoms with van der Waals surface area (Å²) in [6.45, 7) is 5.35. The average Bonchev–Trinajstić information content (AvgIpc) is 2.88. The molecule has 1 fully saturated rings. The smallest absolute Gasteiger partial charge is 0.258 e. The van der Waals surface area contributed by atoms with E-state index in [1.165, 1.54) is 0 Å². The van der Waals surface area contributed by atoms with E-state index < -0.39 is 0 Å². The molecule has 0 bridgehead atoms. The lowest BCUT2D eigenvalue weighted by Crippen LogP contribution is -2.37. The van der Waals surface area contributed by atoms with Gasteiger partial charge in [0.25, 0.3) is 11.5 Å². The summed E-state index contributed by atoms with van der Waals surface area (Å²) in [6.07, 6.45) is 4.43. The van der Waals surface area contributed by atoms with E-state index in [0.717, 1.165) is 40.9 Å². The van der Waals surface area contributed by atoms with Crippen molar-refractivity contribution in [3.63, 3.8) is 0 Å². The zero-order chi connectivity index (χ0) is 24.1. The van der Waals surface area contributed by atoms with Crippen molar-refractivity contribution < 1.29 is 14.6 Å². The lowest BCUT2D eigenvalue weighted by Gasteiger charge is -2.30. The van der Waals surface area contributed by atoms with Crippen LogP contribution in [0.5, 0.6) is 0 Å². The number of carbonyl (C=O) groups is 1. The molecule has 0 unspecified atom stereocenters. The number of benzene rings is 2. The lowest BCUT2D eigenvalue weighted by molar-refractivity contribution is 0.0993. The van der Waals surface area contributed by atoms with Crippen LogP contribution in [0.25, 0.3) is 17.0 Å².